The Kier molecular flexibility index (Phi) is 6.48. The van der Waals surface area contributed by atoms with Crippen molar-refractivity contribution in [3.8, 4) is 5.75 Å². The lowest BCUT2D eigenvalue weighted by molar-refractivity contribution is -0.386. The third kappa shape index (κ3) is 5.63. The predicted molar refractivity (Wildman–Crippen MR) is 80.8 cm³/mol. The Morgan fingerprint density at radius 3 is 2.57 bits per heavy atom. The van der Waals surface area contributed by atoms with Gasteiger partial charge >= 0.3 is 11.7 Å². The molecule has 1 aromatic rings. The van der Waals surface area contributed by atoms with Gasteiger partial charge in [-0.1, -0.05) is 6.92 Å². The van der Waals surface area contributed by atoms with E-state index < -0.39 is 4.92 Å². The van der Waals surface area contributed by atoms with Gasteiger partial charge in [-0.2, -0.15) is 0 Å². The highest BCUT2D eigenvalue weighted by Crippen LogP contribution is 2.34. The summed E-state index contributed by atoms with van der Waals surface area (Å²) in [6, 6.07) is 4.71. The van der Waals surface area contributed by atoms with Crippen LogP contribution in [0.15, 0.2) is 23.1 Å². The Morgan fingerprint density at radius 1 is 1.38 bits per heavy atom. The number of carbonyl (C=O) groups excluding carboxylic acids is 1. The number of hydrogen-bond donors (Lipinski definition) is 0. The Balaban J connectivity index is 2.89. The van der Waals surface area contributed by atoms with E-state index in [1.54, 1.807) is 12.1 Å². The minimum atomic E-state index is -0.468. The minimum Gasteiger partial charge on any atom is -0.484 e. The fourth-order valence-corrected chi connectivity index (χ4v) is 2.66. The Morgan fingerprint density at radius 2 is 2.05 bits per heavy atom. The average Bonchev–Trinajstić information content (AvgIpc) is 2.37. The number of esters is 1. The second kappa shape index (κ2) is 7.87. The zero-order valence-corrected chi connectivity index (χ0v) is 13.3. The van der Waals surface area contributed by atoms with Gasteiger partial charge in [0, 0.05) is 22.3 Å². The summed E-state index contributed by atoms with van der Waals surface area (Å²) in [5, 5.41) is 11.0. The highest BCUT2D eigenvalue weighted by Gasteiger charge is 2.18. The lowest BCUT2D eigenvalue weighted by Gasteiger charge is -2.13. The molecule has 6 nitrogen and oxygen atoms in total. The van der Waals surface area contributed by atoms with Gasteiger partial charge < -0.3 is 9.47 Å². The molecule has 0 aliphatic carbocycles. The van der Waals surface area contributed by atoms with Crippen molar-refractivity contribution in [2.24, 2.45) is 0 Å². The summed E-state index contributed by atoms with van der Waals surface area (Å²) in [7, 11) is 1.35. The first-order valence-electron chi connectivity index (χ1n) is 6.52. The van der Waals surface area contributed by atoms with Crippen LogP contribution in [0.25, 0.3) is 0 Å². The fourth-order valence-electron chi connectivity index (χ4n) is 1.66. The lowest BCUT2D eigenvalue weighted by atomic mass is 10.3. The van der Waals surface area contributed by atoms with E-state index in [1.807, 2.05) is 20.8 Å². The van der Waals surface area contributed by atoms with Crippen LogP contribution in [0.5, 0.6) is 5.75 Å². The Labute approximate surface area is 128 Å². The van der Waals surface area contributed by atoms with Crippen molar-refractivity contribution >= 4 is 23.4 Å². The van der Waals surface area contributed by atoms with E-state index >= 15 is 0 Å². The van der Waals surface area contributed by atoms with Crippen molar-refractivity contribution in [1.82, 2.24) is 0 Å². The van der Waals surface area contributed by atoms with E-state index in [2.05, 4.69) is 4.74 Å². The van der Waals surface area contributed by atoms with Crippen molar-refractivity contribution in [3.63, 3.8) is 0 Å². The van der Waals surface area contributed by atoms with E-state index in [0.717, 1.165) is 4.90 Å². The molecule has 0 heterocycles. The molecule has 116 valence electrons. The maximum absolute atomic E-state index is 11.2. The summed E-state index contributed by atoms with van der Waals surface area (Å²) >= 11 is 1.45. The summed E-state index contributed by atoms with van der Waals surface area (Å²) in [6.45, 7) is 5.51. The number of carbonyl (C=O) groups is 1. The molecule has 0 fully saturated rings. The molecule has 0 N–H and O–H groups in total. The molecule has 1 atom stereocenters. The van der Waals surface area contributed by atoms with Crippen LogP contribution < -0.4 is 4.74 Å². The van der Waals surface area contributed by atoms with Crippen LogP contribution in [0.3, 0.4) is 0 Å². The molecule has 1 aromatic carbocycles. The first-order valence-corrected chi connectivity index (χ1v) is 7.40. The number of nitro groups is 1. The molecule has 0 aromatic heterocycles. The summed E-state index contributed by atoms with van der Waals surface area (Å²) in [4.78, 5) is 22.5. The SMILES string of the molecule is COC(=O)CC(C)Sc1ccc([N+](=O)[O-])c(OC(C)C)c1. The molecule has 0 aliphatic rings. The summed E-state index contributed by atoms with van der Waals surface area (Å²) < 4.78 is 10.1. The van der Waals surface area contributed by atoms with Gasteiger partial charge in [-0.25, -0.2) is 0 Å². The van der Waals surface area contributed by atoms with Gasteiger partial charge in [-0.15, -0.1) is 11.8 Å². The number of nitro benzene ring substituents is 1. The van der Waals surface area contributed by atoms with Crippen LogP contribution >= 0.6 is 11.8 Å². The van der Waals surface area contributed by atoms with Crippen LogP contribution in [-0.2, 0) is 9.53 Å². The molecular weight excluding hydrogens is 294 g/mol. The van der Waals surface area contributed by atoms with Gasteiger partial charge in [0.1, 0.15) is 0 Å². The van der Waals surface area contributed by atoms with E-state index in [1.165, 1.54) is 24.9 Å². The standard InChI is InChI=1S/C14H19NO5S/c1-9(2)20-13-8-11(5-6-12(13)15(17)18)21-10(3)7-14(16)19-4/h5-6,8-10H,7H2,1-4H3. The number of benzene rings is 1. The molecule has 7 heteroatoms. The monoisotopic (exact) mass is 313 g/mol. The molecule has 1 unspecified atom stereocenters. The quantitative estimate of drug-likeness (QED) is 0.332. The van der Waals surface area contributed by atoms with E-state index in [0.29, 0.717) is 0 Å². The maximum atomic E-state index is 11.2. The van der Waals surface area contributed by atoms with Crippen molar-refractivity contribution in [3.05, 3.63) is 28.3 Å². The van der Waals surface area contributed by atoms with E-state index in [9.17, 15) is 14.9 Å². The highest BCUT2D eigenvalue weighted by atomic mass is 32.2. The molecule has 1 rings (SSSR count). The second-order valence-corrected chi connectivity index (χ2v) is 6.27. The molecule has 21 heavy (non-hydrogen) atoms. The summed E-state index contributed by atoms with van der Waals surface area (Å²) in [5.41, 5.74) is -0.0614. The molecule has 0 aliphatic heterocycles. The molecule has 0 radical (unpaired) electrons. The van der Waals surface area contributed by atoms with Crippen molar-refractivity contribution in [2.45, 2.75) is 43.4 Å². The smallest absolute Gasteiger partial charge is 0.311 e. The highest BCUT2D eigenvalue weighted by molar-refractivity contribution is 8.00. The summed E-state index contributed by atoms with van der Waals surface area (Å²) in [6.07, 6.45) is 0.120. The molecule has 0 spiro atoms. The average molecular weight is 313 g/mol. The van der Waals surface area contributed by atoms with Crippen LogP contribution in [-0.4, -0.2) is 29.4 Å². The van der Waals surface area contributed by atoms with Crippen LogP contribution in [0.4, 0.5) is 5.69 Å². The number of hydrogen-bond acceptors (Lipinski definition) is 6. The largest absolute Gasteiger partial charge is 0.484 e. The minimum absolute atomic E-state index is 0.00538. The van der Waals surface area contributed by atoms with E-state index in [4.69, 9.17) is 4.74 Å². The third-order valence-corrected chi connectivity index (χ3v) is 3.60. The molecule has 0 amide bonds. The molecular formula is C14H19NO5S. The number of nitrogens with zero attached hydrogens (tertiary/aromatic N) is 1. The lowest BCUT2D eigenvalue weighted by Crippen LogP contribution is -2.09. The Bertz CT molecular complexity index is 518. The van der Waals surface area contributed by atoms with Crippen LogP contribution in [0.1, 0.15) is 27.2 Å². The van der Waals surface area contributed by atoms with Gasteiger partial charge in [-0.05, 0) is 19.9 Å². The van der Waals surface area contributed by atoms with Gasteiger partial charge in [0.25, 0.3) is 0 Å². The number of methoxy groups -OCH3 is 1. The number of rotatable bonds is 7. The molecule has 0 saturated heterocycles. The second-order valence-electron chi connectivity index (χ2n) is 4.76. The molecule has 0 bridgehead atoms. The zero-order chi connectivity index (χ0) is 16.0. The zero-order valence-electron chi connectivity index (χ0n) is 12.5. The predicted octanol–water partition coefficient (Wildman–Crippen LogP) is 3.43. The first-order chi connectivity index (χ1) is 9.83. The van der Waals surface area contributed by atoms with Gasteiger partial charge in [-0.3, -0.25) is 14.9 Å². The van der Waals surface area contributed by atoms with Crippen molar-refractivity contribution in [1.29, 1.82) is 0 Å². The number of ether oxygens (including phenoxy) is 2. The Hall–Kier alpha value is -1.76. The van der Waals surface area contributed by atoms with Crippen molar-refractivity contribution in [2.75, 3.05) is 7.11 Å². The topological polar surface area (TPSA) is 78.7 Å². The van der Waals surface area contributed by atoms with Gasteiger partial charge in [0.05, 0.1) is 24.6 Å². The third-order valence-electron chi connectivity index (χ3n) is 2.51. The van der Waals surface area contributed by atoms with Crippen LogP contribution in [0, 0.1) is 10.1 Å². The number of thioether (sulfide) groups is 1. The van der Waals surface area contributed by atoms with Gasteiger partial charge in [0.15, 0.2) is 5.75 Å². The van der Waals surface area contributed by atoms with E-state index in [-0.39, 0.29) is 35.2 Å². The van der Waals surface area contributed by atoms with Crippen molar-refractivity contribution < 1.29 is 19.2 Å². The maximum Gasteiger partial charge on any atom is 0.311 e. The van der Waals surface area contributed by atoms with Crippen LogP contribution in [0.2, 0.25) is 0 Å². The van der Waals surface area contributed by atoms with Gasteiger partial charge in [0.2, 0.25) is 0 Å². The molecule has 0 saturated carbocycles. The normalized spacial score (nSPS) is 12.0. The first kappa shape index (κ1) is 17.3. The summed E-state index contributed by atoms with van der Waals surface area (Å²) in [5.74, 6) is -0.0409. The fraction of sp³-hybridized carbons (Fsp3) is 0.500.